The van der Waals surface area contributed by atoms with E-state index in [0.717, 1.165) is 30.9 Å². The van der Waals surface area contributed by atoms with Gasteiger partial charge in [0, 0.05) is 55.1 Å². The number of nitrogens with zero attached hydrogens (tertiary/aromatic N) is 3. The van der Waals surface area contributed by atoms with E-state index in [1.807, 2.05) is 36.1 Å². The van der Waals surface area contributed by atoms with Gasteiger partial charge in [-0.05, 0) is 50.0 Å². The summed E-state index contributed by atoms with van der Waals surface area (Å²) in [5, 5.41) is 0. The summed E-state index contributed by atoms with van der Waals surface area (Å²) in [6.45, 7) is 8.89. The van der Waals surface area contributed by atoms with Gasteiger partial charge in [-0.3, -0.25) is 19.4 Å². The van der Waals surface area contributed by atoms with E-state index in [0.29, 0.717) is 29.9 Å². The Bertz CT molecular complexity index is 1430. The van der Waals surface area contributed by atoms with Gasteiger partial charge in [0.2, 0.25) is 0 Å². The van der Waals surface area contributed by atoms with Gasteiger partial charge in [-0.25, -0.2) is 8.42 Å². The van der Waals surface area contributed by atoms with E-state index in [-0.39, 0.29) is 16.5 Å². The van der Waals surface area contributed by atoms with Crippen molar-refractivity contribution in [1.82, 2.24) is 9.80 Å². The van der Waals surface area contributed by atoms with Crippen LogP contribution < -0.4 is 9.46 Å². The average Bonchev–Trinajstić information content (AvgIpc) is 2.93. The lowest BCUT2D eigenvalue weighted by atomic mass is 10.1. The van der Waals surface area contributed by atoms with Gasteiger partial charge in [-0.15, -0.1) is 0 Å². The molecule has 1 saturated heterocycles. The first kappa shape index (κ1) is 27.1. The van der Waals surface area contributed by atoms with Crippen LogP contribution in [-0.4, -0.2) is 64.1 Å². The molecule has 0 atom stereocenters. The molecule has 1 aliphatic rings. The molecule has 3 aromatic carbocycles. The fourth-order valence-corrected chi connectivity index (χ4v) is 5.75. The summed E-state index contributed by atoms with van der Waals surface area (Å²) in [7, 11) is -2.24. The largest absolute Gasteiger partial charge is 0.496 e. The van der Waals surface area contributed by atoms with Gasteiger partial charge in [0.25, 0.3) is 15.9 Å². The maximum absolute atomic E-state index is 13.1. The van der Waals surface area contributed by atoms with Crippen molar-refractivity contribution in [2.24, 2.45) is 4.99 Å². The quantitative estimate of drug-likeness (QED) is 0.399. The number of hydrogen-bond donors (Lipinski definition) is 1. The second kappa shape index (κ2) is 12.1. The SMILES string of the molecule is C=Nc1c(/C=C\C)cccc1S(=O)(=O)Nc1ccc(C(=O)N2CCN(Cc3ccccc3OC)CC2)cc1. The monoisotopic (exact) mass is 532 g/mol. The van der Waals surface area contributed by atoms with Crippen LogP contribution in [0.15, 0.2) is 82.7 Å². The molecular weight excluding hydrogens is 500 g/mol. The van der Waals surface area contributed by atoms with Crippen molar-refractivity contribution in [2.75, 3.05) is 38.0 Å². The molecule has 3 aromatic rings. The third kappa shape index (κ3) is 6.12. The minimum atomic E-state index is -3.92. The molecule has 0 bridgehead atoms. The first-order chi connectivity index (χ1) is 18.4. The Kier molecular flexibility index (Phi) is 8.60. The Morgan fingerprint density at radius 2 is 1.74 bits per heavy atom. The molecule has 0 aromatic heterocycles. The summed E-state index contributed by atoms with van der Waals surface area (Å²) in [4.78, 5) is 21.2. The first-order valence-electron chi connectivity index (χ1n) is 12.3. The molecule has 198 valence electrons. The average molecular weight is 533 g/mol. The van der Waals surface area contributed by atoms with Crippen molar-refractivity contribution < 1.29 is 17.9 Å². The second-order valence-corrected chi connectivity index (χ2v) is 10.6. The number of piperazine rings is 1. The van der Waals surface area contributed by atoms with E-state index in [1.54, 1.807) is 49.6 Å². The summed E-state index contributed by atoms with van der Waals surface area (Å²) in [5.74, 6) is 0.790. The van der Waals surface area contributed by atoms with Crippen LogP contribution in [0.2, 0.25) is 0 Å². The molecule has 1 fully saturated rings. The van der Waals surface area contributed by atoms with Crippen LogP contribution >= 0.6 is 0 Å². The number of amides is 1. The normalized spacial score (nSPS) is 14.4. The standard InChI is InChI=1S/C29H32N4O4S/c1-4-8-22-10-7-12-27(28(22)30-2)38(35,36)31-25-15-13-23(14-16-25)29(34)33-19-17-32(18-20-33)21-24-9-5-6-11-26(24)37-3/h4-16,31H,2,17-21H2,1,3H3/b8-4-. The van der Waals surface area contributed by atoms with Crippen LogP contribution in [0.1, 0.15) is 28.4 Å². The van der Waals surface area contributed by atoms with Crippen LogP contribution in [0.4, 0.5) is 11.4 Å². The zero-order chi connectivity index (χ0) is 27.1. The van der Waals surface area contributed by atoms with Gasteiger partial charge in [-0.2, -0.15) is 0 Å². The maximum atomic E-state index is 13.1. The van der Waals surface area contributed by atoms with Gasteiger partial charge in [0.1, 0.15) is 10.6 Å². The minimum Gasteiger partial charge on any atom is -0.496 e. The summed E-state index contributed by atoms with van der Waals surface area (Å²) < 4.78 is 34.2. The fourth-order valence-electron chi connectivity index (χ4n) is 4.50. The third-order valence-electron chi connectivity index (χ3n) is 6.45. The van der Waals surface area contributed by atoms with Gasteiger partial charge >= 0.3 is 0 Å². The highest BCUT2D eigenvalue weighted by Crippen LogP contribution is 2.31. The molecule has 1 aliphatic heterocycles. The molecule has 1 N–H and O–H groups in total. The number of benzene rings is 3. The van der Waals surface area contributed by atoms with Crippen molar-refractivity contribution in [3.05, 3.63) is 89.5 Å². The number of allylic oxidation sites excluding steroid dienone is 1. The summed E-state index contributed by atoms with van der Waals surface area (Å²) in [6.07, 6.45) is 3.59. The van der Waals surface area contributed by atoms with Crippen LogP contribution in [0.3, 0.4) is 0 Å². The number of rotatable bonds is 9. The highest BCUT2D eigenvalue weighted by atomic mass is 32.2. The lowest BCUT2D eigenvalue weighted by Gasteiger charge is -2.35. The van der Waals surface area contributed by atoms with Gasteiger partial charge in [0.15, 0.2) is 0 Å². The Labute approximate surface area is 224 Å². The number of carbonyl (C=O) groups excluding carboxylic acids is 1. The lowest BCUT2D eigenvalue weighted by Crippen LogP contribution is -2.48. The second-order valence-electron chi connectivity index (χ2n) is 8.92. The van der Waals surface area contributed by atoms with E-state index in [1.165, 1.54) is 6.07 Å². The number of anilines is 1. The Morgan fingerprint density at radius 1 is 1.03 bits per heavy atom. The molecule has 0 unspecified atom stereocenters. The number of sulfonamides is 1. The fraction of sp³-hybridized carbons (Fsp3) is 0.241. The zero-order valence-electron chi connectivity index (χ0n) is 21.6. The number of ether oxygens (including phenoxy) is 1. The maximum Gasteiger partial charge on any atom is 0.264 e. The molecular formula is C29H32N4O4S. The number of para-hydroxylation sites is 2. The van der Waals surface area contributed by atoms with Gasteiger partial charge in [0.05, 0.1) is 12.8 Å². The molecule has 0 aliphatic carbocycles. The van der Waals surface area contributed by atoms with E-state index >= 15 is 0 Å². The van der Waals surface area contributed by atoms with Crippen LogP contribution in [0.5, 0.6) is 5.75 Å². The van der Waals surface area contributed by atoms with Crippen LogP contribution in [0.25, 0.3) is 6.08 Å². The highest BCUT2D eigenvalue weighted by Gasteiger charge is 2.24. The first-order valence-corrected chi connectivity index (χ1v) is 13.8. The van der Waals surface area contributed by atoms with Crippen LogP contribution in [0, 0.1) is 0 Å². The van der Waals surface area contributed by atoms with E-state index in [9.17, 15) is 13.2 Å². The molecule has 1 heterocycles. The summed E-state index contributed by atoms with van der Waals surface area (Å²) in [6, 6.07) is 19.4. The zero-order valence-corrected chi connectivity index (χ0v) is 22.4. The van der Waals surface area contributed by atoms with E-state index in [4.69, 9.17) is 4.74 Å². The number of aliphatic imine (C=N–C) groups is 1. The molecule has 9 heteroatoms. The predicted octanol–water partition coefficient (Wildman–Crippen LogP) is 4.82. The topological polar surface area (TPSA) is 91.3 Å². The molecule has 38 heavy (non-hydrogen) atoms. The Hall–Kier alpha value is -3.95. The van der Waals surface area contributed by atoms with Crippen molar-refractivity contribution in [3.63, 3.8) is 0 Å². The van der Waals surface area contributed by atoms with Gasteiger partial charge in [-0.1, -0.05) is 42.5 Å². The Balaban J connectivity index is 1.39. The molecule has 8 nitrogen and oxygen atoms in total. The van der Waals surface area contributed by atoms with E-state index in [2.05, 4.69) is 27.4 Å². The lowest BCUT2D eigenvalue weighted by molar-refractivity contribution is 0.0627. The number of carbonyl (C=O) groups is 1. The molecule has 0 spiro atoms. The summed E-state index contributed by atoms with van der Waals surface area (Å²) >= 11 is 0. The predicted molar refractivity (Wildman–Crippen MR) is 152 cm³/mol. The van der Waals surface area contributed by atoms with Crippen molar-refractivity contribution >= 4 is 40.1 Å². The number of nitrogens with one attached hydrogen (secondary N) is 1. The Morgan fingerprint density at radius 3 is 2.39 bits per heavy atom. The smallest absolute Gasteiger partial charge is 0.264 e. The molecule has 4 rings (SSSR count). The minimum absolute atomic E-state index is 0.0363. The number of methoxy groups -OCH3 is 1. The summed E-state index contributed by atoms with van der Waals surface area (Å²) in [5.41, 5.74) is 2.94. The molecule has 0 saturated carbocycles. The molecule has 1 amide bonds. The number of hydrogen-bond acceptors (Lipinski definition) is 6. The van der Waals surface area contributed by atoms with Crippen molar-refractivity contribution in [1.29, 1.82) is 0 Å². The van der Waals surface area contributed by atoms with Crippen LogP contribution in [-0.2, 0) is 16.6 Å². The highest BCUT2D eigenvalue weighted by molar-refractivity contribution is 7.92. The third-order valence-corrected chi connectivity index (χ3v) is 7.87. The van der Waals surface area contributed by atoms with Gasteiger partial charge < -0.3 is 9.64 Å². The van der Waals surface area contributed by atoms with Crippen molar-refractivity contribution in [3.8, 4) is 5.75 Å². The molecule has 0 radical (unpaired) electrons. The van der Waals surface area contributed by atoms with Crippen molar-refractivity contribution in [2.45, 2.75) is 18.4 Å². The van der Waals surface area contributed by atoms with E-state index < -0.39 is 10.0 Å².